The molecule has 0 aliphatic heterocycles. The summed E-state index contributed by atoms with van der Waals surface area (Å²) in [7, 11) is 0. The maximum Gasteiger partial charge on any atom is 0.227 e. The van der Waals surface area contributed by atoms with Crippen LogP contribution in [0.4, 0.5) is 0 Å². The average Bonchev–Trinajstić information content (AvgIpc) is 2.81. The van der Waals surface area contributed by atoms with Crippen LogP contribution in [0.2, 0.25) is 5.02 Å². The number of aromatic nitrogens is 1. The van der Waals surface area contributed by atoms with Crippen molar-refractivity contribution >= 4 is 27.5 Å². The second kappa shape index (κ2) is 6.36. The van der Waals surface area contributed by atoms with Crippen molar-refractivity contribution in [3.05, 3.63) is 39.7 Å². The minimum absolute atomic E-state index is 0.551. The molecule has 2 aromatic rings. The first-order chi connectivity index (χ1) is 8.70. The average molecular weight is 330 g/mol. The Morgan fingerprint density at radius 3 is 3.06 bits per heavy atom. The van der Waals surface area contributed by atoms with Gasteiger partial charge in [-0.25, -0.2) is 4.98 Å². The van der Waals surface area contributed by atoms with E-state index in [-0.39, 0.29) is 0 Å². The number of benzene rings is 1. The molecule has 1 aromatic heterocycles. The van der Waals surface area contributed by atoms with Gasteiger partial charge in [-0.3, -0.25) is 0 Å². The molecule has 1 N–H and O–H groups in total. The van der Waals surface area contributed by atoms with Crippen molar-refractivity contribution < 1.29 is 4.42 Å². The van der Waals surface area contributed by atoms with Crippen LogP contribution in [0.15, 0.2) is 33.4 Å². The van der Waals surface area contributed by atoms with Crippen molar-refractivity contribution in [3.8, 4) is 11.5 Å². The minimum atomic E-state index is 0.551. The molecule has 0 aliphatic carbocycles. The van der Waals surface area contributed by atoms with Gasteiger partial charge in [-0.1, -0.05) is 34.5 Å². The van der Waals surface area contributed by atoms with Crippen molar-refractivity contribution in [2.24, 2.45) is 0 Å². The van der Waals surface area contributed by atoms with Gasteiger partial charge in [0.2, 0.25) is 5.89 Å². The molecule has 0 fully saturated rings. The summed E-state index contributed by atoms with van der Waals surface area (Å²) in [6.45, 7) is 3.81. The first-order valence-corrected chi connectivity index (χ1v) is 6.98. The number of rotatable bonds is 5. The lowest BCUT2D eigenvalue weighted by Gasteiger charge is -2.00. The quantitative estimate of drug-likeness (QED) is 0.833. The number of hydrogen-bond donors (Lipinski definition) is 1. The number of hydrogen-bond acceptors (Lipinski definition) is 3. The molecule has 1 heterocycles. The molecule has 0 aliphatic rings. The fourth-order valence-electron chi connectivity index (χ4n) is 1.57. The van der Waals surface area contributed by atoms with Crippen LogP contribution in [0.3, 0.4) is 0 Å². The highest BCUT2D eigenvalue weighted by Gasteiger charge is 2.10. The zero-order valence-electron chi connectivity index (χ0n) is 10.0. The molecular formula is C13H14BrClN2O. The van der Waals surface area contributed by atoms with Gasteiger partial charge in [0.25, 0.3) is 0 Å². The van der Waals surface area contributed by atoms with E-state index >= 15 is 0 Å². The van der Waals surface area contributed by atoms with Gasteiger partial charge in [-0.15, -0.1) is 0 Å². The fourth-order valence-corrected chi connectivity index (χ4v) is 2.13. The summed E-state index contributed by atoms with van der Waals surface area (Å²) in [6, 6.07) is 5.61. The molecule has 0 saturated carbocycles. The molecule has 1 aromatic carbocycles. The van der Waals surface area contributed by atoms with Crippen LogP contribution < -0.4 is 5.32 Å². The third-order valence-corrected chi connectivity index (χ3v) is 3.27. The van der Waals surface area contributed by atoms with Gasteiger partial charge in [0.15, 0.2) is 0 Å². The van der Waals surface area contributed by atoms with Crippen LogP contribution in [0.25, 0.3) is 11.5 Å². The number of oxazole rings is 1. The Morgan fingerprint density at radius 1 is 1.44 bits per heavy atom. The van der Waals surface area contributed by atoms with Crippen LogP contribution in [0.5, 0.6) is 0 Å². The number of nitrogens with one attached hydrogen (secondary N) is 1. The number of nitrogens with zero attached hydrogens (tertiary/aromatic N) is 1. The van der Waals surface area contributed by atoms with Gasteiger partial charge in [0, 0.05) is 11.0 Å². The van der Waals surface area contributed by atoms with Gasteiger partial charge in [0.05, 0.1) is 16.3 Å². The van der Waals surface area contributed by atoms with Crippen molar-refractivity contribution in [2.75, 3.05) is 6.54 Å². The monoisotopic (exact) mass is 328 g/mol. The maximum atomic E-state index is 6.13. The largest absolute Gasteiger partial charge is 0.444 e. The smallest absolute Gasteiger partial charge is 0.227 e. The zero-order valence-corrected chi connectivity index (χ0v) is 12.4. The van der Waals surface area contributed by atoms with Crippen LogP contribution >= 0.6 is 27.5 Å². The van der Waals surface area contributed by atoms with E-state index in [1.807, 2.05) is 18.2 Å². The molecule has 5 heteroatoms. The van der Waals surface area contributed by atoms with Crippen molar-refractivity contribution in [1.82, 2.24) is 10.3 Å². The first kappa shape index (κ1) is 13.6. The molecule has 0 amide bonds. The Hall–Kier alpha value is -0.840. The third kappa shape index (κ3) is 3.34. The fraction of sp³-hybridized carbons (Fsp3) is 0.308. The minimum Gasteiger partial charge on any atom is -0.444 e. The molecule has 0 radical (unpaired) electrons. The first-order valence-electron chi connectivity index (χ1n) is 5.81. The van der Waals surface area contributed by atoms with E-state index in [4.69, 9.17) is 16.0 Å². The van der Waals surface area contributed by atoms with E-state index < -0.39 is 0 Å². The summed E-state index contributed by atoms with van der Waals surface area (Å²) >= 11 is 9.54. The molecular weight excluding hydrogens is 316 g/mol. The van der Waals surface area contributed by atoms with Crippen molar-refractivity contribution in [1.29, 1.82) is 0 Å². The summed E-state index contributed by atoms with van der Waals surface area (Å²) in [5, 5.41) is 3.91. The molecule has 0 unspecified atom stereocenters. The van der Waals surface area contributed by atoms with Crippen molar-refractivity contribution in [2.45, 2.75) is 19.9 Å². The van der Waals surface area contributed by atoms with Gasteiger partial charge in [-0.05, 0) is 31.2 Å². The lowest BCUT2D eigenvalue weighted by atomic mass is 10.2. The van der Waals surface area contributed by atoms with Gasteiger partial charge in [0.1, 0.15) is 6.26 Å². The Kier molecular flexibility index (Phi) is 4.80. The highest BCUT2D eigenvalue weighted by Crippen LogP contribution is 2.30. The normalized spacial score (nSPS) is 10.8. The molecule has 0 saturated heterocycles. The molecule has 96 valence electrons. The summed E-state index contributed by atoms with van der Waals surface area (Å²) in [4.78, 5) is 4.42. The van der Waals surface area contributed by atoms with Crippen LogP contribution in [0.1, 0.15) is 19.0 Å². The SMILES string of the molecule is CCCNCc1coc(-c2cc(Br)ccc2Cl)n1. The van der Waals surface area contributed by atoms with Crippen molar-refractivity contribution in [3.63, 3.8) is 0 Å². The number of halogens is 2. The maximum absolute atomic E-state index is 6.13. The predicted octanol–water partition coefficient (Wildman–Crippen LogP) is 4.26. The molecule has 18 heavy (non-hydrogen) atoms. The van der Waals surface area contributed by atoms with Crippen LogP contribution in [-0.4, -0.2) is 11.5 Å². The third-order valence-electron chi connectivity index (χ3n) is 2.44. The lowest BCUT2D eigenvalue weighted by Crippen LogP contribution is -2.13. The van der Waals surface area contributed by atoms with Crippen LogP contribution in [0, 0.1) is 0 Å². The lowest BCUT2D eigenvalue weighted by molar-refractivity contribution is 0.570. The molecule has 0 bridgehead atoms. The molecule has 3 nitrogen and oxygen atoms in total. The summed E-state index contributed by atoms with van der Waals surface area (Å²) in [6.07, 6.45) is 2.76. The van der Waals surface area contributed by atoms with Gasteiger partial charge in [-0.2, -0.15) is 0 Å². The Morgan fingerprint density at radius 2 is 2.28 bits per heavy atom. The zero-order chi connectivity index (χ0) is 13.0. The van der Waals surface area contributed by atoms with E-state index in [0.29, 0.717) is 17.5 Å². The standard InChI is InChI=1S/C13H14BrClN2O/c1-2-5-16-7-10-8-18-13(17-10)11-6-9(14)3-4-12(11)15/h3-4,6,8,16H,2,5,7H2,1H3. The topological polar surface area (TPSA) is 38.1 Å². The summed E-state index contributed by atoms with van der Waals surface area (Å²) in [5.41, 5.74) is 1.68. The highest BCUT2D eigenvalue weighted by atomic mass is 79.9. The van der Waals surface area contributed by atoms with Crippen LogP contribution in [-0.2, 0) is 6.54 Å². The van der Waals surface area contributed by atoms with E-state index in [1.54, 1.807) is 6.26 Å². The van der Waals surface area contributed by atoms with E-state index in [9.17, 15) is 0 Å². The second-order valence-electron chi connectivity index (χ2n) is 3.94. The summed E-state index contributed by atoms with van der Waals surface area (Å²) in [5.74, 6) is 0.551. The Balaban J connectivity index is 2.16. The van der Waals surface area contributed by atoms with E-state index in [0.717, 1.165) is 28.7 Å². The van der Waals surface area contributed by atoms with Gasteiger partial charge >= 0.3 is 0 Å². The highest BCUT2D eigenvalue weighted by molar-refractivity contribution is 9.10. The predicted molar refractivity (Wildman–Crippen MR) is 76.6 cm³/mol. The molecule has 0 spiro atoms. The Bertz CT molecular complexity index is 527. The Labute approximate surface area is 120 Å². The van der Waals surface area contributed by atoms with E-state index in [2.05, 4.69) is 33.2 Å². The molecule has 2 rings (SSSR count). The second-order valence-corrected chi connectivity index (χ2v) is 5.27. The summed E-state index contributed by atoms with van der Waals surface area (Å²) < 4.78 is 6.41. The van der Waals surface area contributed by atoms with E-state index in [1.165, 1.54) is 0 Å². The molecule has 0 atom stereocenters. The van der Waals surface area contributed by atoms with Gasteiger partial charge < -0.3 is 9.73 Å².